The summed E-state index contributed by atoms with van der Waals surface area (Å²) in [5, 5.41) is 29.9. The fraction of sp³-hybridized carbons (Fsp3) is 0.517. The summed E-state index contributed by atoms with van der Waals surface area (Å²) in [4.78, 5) is 36.1. The van der Waals surface area contributed by atoms with Crippen LogP contribution in [0.15, 0.2) is 48.6 Å². The first-order valence-electron chi connectivity index (χ1n) is 13.6. The van der Waals surface area contributed by atoms with Crippen molar-refractivity contribution in [3.63, 3.8) is 0 Å². The number of phosphoric acid groups is 1. The Bertz CT molecular complexity index is 1180. The van der Waals surface area contributed by atoms with Crippen LogP contribution < -0.4 is 4.89 Å². The number of cyclic esters (lactones) is 1. The second kappa shape index (κ2) is 17.0. The molecule has 13 heteroatoms. The summed E-state index contributed by atoms with van der Waals surface area (Å²) < 4.78 is 33.2. The van der Waals surface area contributed by atoms with Crippen molar-refractivity contribution in [1.29, 1.82) is 0 Å². The van der Waals surface area contributed by atoms with Gasteiger partial charge in [-0.3, -0.25) is 4.57 Å². The monoisotopic (exact) mass is 629 g/mol. The maximum Gasteiger partial charge on any atom is 0.335 e. The van der Waals surface area contributed by atoms with E-state index in [4.69, 9.17) is 30.1 Å². The van der Waals surface area contributed by atoms with Crippen LogP contribution in [-0.2, 0) is 32.7 Å². The number of carbonyl (C=O) groups is 2. The lowest BCUT2D eigenvalue weighted by Gasteiger charge is -2.36. The lowest BCUT2D eigenvalue weighted by molar-refractivity contribution is -0.238. The van der Waals surface area contributed by atoms with Crippen molar-refractivity contribution in [2.75, 3.05) is 13.7 Å². The number of hydrogen-bond acceptors (Lipinski definition) is 10. The highest BCUT2D eigenvalue weighted by Crippen LogP contribution is 2.44. The molecule has 0 fully saturated rings. The van der Waals surface area contributed by atoms with Crippen molar-refractivity contribution in [3.8, 4) is 5.75 Å². The van der Waals surface area contributed by atoms with E-state index in [0.717, 1.165) is 6.42 Å². The number of aromatic hydroxyl groups is 1. The lowest BCUT2D eigenvalue weighted by Crippen LogP contribution is -2.37. The Labute approximate surface area is 251 Å². The Balaban J connectivity index is 2.20. The second-order valence-electron chi connectivity index (χ2n) is 10.2. The summed E-state index contributed by atoms with van der Waals surface area (Å²) in [6, 6.07) is 4.77. The van der Waals surface area contributed by atoms with Crippen LogP contribution in [-0.4, -0.2) is 65.4 Å². The molecule has 42 heavy (non-hydrogen) atoms. The van der Waals surface area contributed by atoms with Gasteiger partial charge in [-0.05, 0) is 36.3 Å². The Morgan fingerprint density at radius 1 is 1.24 bits per heavy atom. The average molecular weight is 630 g/mol. The van der Waals surface area contributed by atoms with Gasteiger partial charge in [-0.2, -0.15) is 0 Å². The van der Waals surface area contributed by atoms with Gasteiger partial charge in [0.05, 0.1) is 23.8 Å². The molecule has 234 valence electrons. The Morgan fingerprint density at radius 2 is 1.95 bits per heavy atom. The van der Waals surface area contributed by atoms with E-state index in [1.54, 1.807) is 37.3 Å². The Morgan fingerprint density at radius 3 is 2.60 bits per heavy atom. The van der Waals surface area contributed by atoms with Crippen LogP contribution in [0, 0.1) is 17.8 Å². The quantitative estimate of drug-likeness (QED) is 0.126. The largest absolute Gasteiger partial charge is 0.756 e. The molecule has 1 aromatic rings. The smallest absolute Gasteiger partial charge is 0.335 e. The summed E-state index contributed by atoms with van der Waals surface area (Å²) in [6.07, 6.45) is 5.75. The minimum atomic E-state index is -5.18. The number of aliphatic hydroxyl groups is 1. The van der Waals surface area contributed by atoms with Gasteiger partial charge in [0.15, 0.2) is 6.10 Å². The van der Waals surface area contributed by atoms with Crippen LogP contribution in [0.25, 0.3) is 6.08 Å². The van der Waals surface area contributed by atoms with E-state index >= 15 is 0 Å². The maximum atomic E-state index is 12.8. The van der Waals surface area contributed by atoms with E-state index < -0.39 is 56.7 Å². The normalized spacial score (nSPS) is 22.4. The van der Waals surface area contributed by atoms with Crippen molar-refractivity contribution in [2.24, 2.45) is 17.8 Å². The zero-order valence-corrected chi connectivity index (χ0v) is 25.6. The predicted octanol–water partition coefficient (Wildman–Crippen LogP) is 4.51. The minimum absolute atomic E-state index is 0.0103. The molecule has 1 aromatic carbocycles. The highest BCUT2D eigenvalue weighted by molar-refractivity contribution is 7.45. The van der Waals surface area contributed by atoms with E-state index in [1.807, 2.05) is 13.8 Å². The van der Waals surface area contributed by atoms with Crippen LogP contribution >= 0.6 is 19.4 Å². The van der Waals surface area contributed by atoms with Crippen molar-refractivity contribution in [1.82, 2.24) is 0 Å². The minimum Gasteiger partial charge on any atom is -0.756 e. The molecule has 0 spiro atoms. The first-order valence-corrected chi connectivity index (χ1v) is 15.4. The average Bonchev–Trinajstić information content (AvgIpc) is 2.92. The fourth-order valence-electron chi connectivity index (χ4n) is 4.71. The number of ether oxygens (including phenoxy) is 2. The number of phenols is 1. The first-order chi connectivity index (χ1) is 19.8. The van der Waals surface area contributed by atoms with E-state index in [2.05, 4.69) is 0 Å². The molecule has 8 atom stereocenters. The molecule has 1 unspecified atom stereocenters. The molecule has 0 bridgehead atoms. The van der Waals surface area contributed by atoms with E-state index in [9.17, 15) is 34.4 Å². The molecule has 1 aliphatic rings. The van der Waals surface area contributed by atoms with Crippen molar-refractivity contribution < 1.29 is 52.9 Å². The number of carboxylic acid groups (broad SMARTS) is 1. The molecule has 0 aliphatic carbocycles. The molecule has 0 aromatic heterocycles. The molecule has 0 radical (unpaired) electrons. The molecule has 0 amide bonds. The van der Waals surface area contributed by atoms with Gasteiger partial charge in [0, 0.05) is 25.5 Å². The van der Waals surface area contributed by atoms with Gasteiger partial charge in [0.2, 0.25) is 0 Å². The van der Waals surface area contributed by atoms with Gasteiger partial charge in [0.25, 0.3) is 7.82 Å². The van der Waals surface area contributed by atoms with Gasteiger partial charge in [-0.1, -0.05) is 74.9 Å². The number of rotatable bonds is 17. The van der Waals surface area contributed by atoms with Crippen molar-refractivity contribution in [2.45, 2.75) is 64.4 Å². The van der Waals surface area contributed by atoms with Gasteiger partial charge >= 0.3 is 11.9 Å². The number of allylic oxidation sites excluding steroid dienone is 2. The molecule has 11 nitrogen and oxygen atoms in total. The van der Waals surface area contributed by atoms with E-state index in [-0.39, 0.29) is 29.0 Å². The number of carboxylic acids is 1. The van der Waals surface area contributed by atoms with Crippen molar-refractivity contribution >= 4 is 37.4 Å². The fourth-order valence-corrected chi connectivity index (χ4v) is 6.04. The number of benzene rings is 1. The highest BCUT2D eigenvalue weighted by atomic mass is 35.5. The first kappa shape index (κ1) is 35.7. The summed E-state index contributed by atoms with van der Waals surface area (Å²) >= 11 is 6.06. The van der Waals surface area contributed by atoms with E-state index in [0.29, 0.717) is 12.0 Å². The number of esters is 1. The SMILES string of the molecule is CC[C@@H]1C=CC(=O)O[C@@H]1[C@H](C)C[C@@H](C)[C@H](C[C@H](O)/C=C/C=C\c1cccc(O)c1Cl)OP(=O)([O-])O[C@@H](COC)C(=O)O. The Kier molecular flexibility index (Phi) is 14.4. The summed E-state index contributed by atoms with van der Waals surface area (Å²) in [7, 11) is -3.98. The summed E-state index contributed by atoms with van der Waals surface area (Å²) in [6.45, 7) is 5.06. The van der Waals surface area contributed by atoms with E-state index in [1.165, 1.54) is 31.4 Å². The number of carbonyl (C=O) groups excluding carboxylic acids is 1. The van der Waals surface area contributed by atoms with Crippen LogP contribution in [0.1, 0.15) is 45.6 Å². The van der Waals surface area contributed by atoms with Gasteiger partial charge in [0.1, 0.15) is 11.9 Å². The standard InChI is InChI=1S/C29H40ClO11P/c1-5-20-13-14-26(33)39-28(20)19(3)15-18(2)24(40-42(36,37)41-25(17-38-4)29(34)35)16-22(31)11-7-6-9-21-10-8-12-23(32)27(21)30/h6-14,18-20,22,24-25,28,31-32H,5,15-17H2,1-4H3,(H,34,35)(H,36,37)/p-1/b9-6-,11-7+/t18-,19-,20-,22-,24+,25+,28-/m1/s1. The van der Waals surface area contributed by atoms with Gasteiger partial charge < -0.3 is 38.7 Å². The molecule has 3 N–H and O–H groups in total. The number of phosphoric ester groups is 1. The van der Waals surface area contributed by atoms with Crippen LogP contribution in [0.2, 0.25) is 5.02 Å². The number of aliphatic hydroxyl groups excluding tert-OH is 1. The van der Waals surface area contributed by atoms with Crippen LogP contribution in [0.5, 0.6) is 5.75 Å². The van der Waals surface area contributed by atoms with Gasteiger partial charge in [-0.25, -0.2) is 9.59 Å². The number of phenolic OH excluding ortho intramolecular Hbond substituents is 1. The molecular formula is C29H39ClO11P-. The summed E-state index contributed by atoms with van der Waals surface area (Å²) in [5.41, 5.74) is 0.553. The highest BCUT2D eigenvalue weighted by Gasteiger charge is 2.35. The number of halogens is 1. The van der Waals surface area contributed by atoms with Gasteiger partial charge in [-0.15, -0.1) is 0 Å². The second-order valence-corrected chi connectivity index (χ2v) is 11.9. The molecule has 0 saturated carbocycles. The summed E-state index contributed by atoms with van der Waals surface area (Å²) in [5.74, 6) is -2.77. The third-order valence-corrected chi connectivity index (χ3v) is 8.33. The van der Waals surface area contributed by atoms with Crippen LogP contribution in [0.4, 0.5) is 0 Å². The number of aliphatic carboxylic acids is 1. The third kappa shape index (κ3) is 11.3. The molecule has 1 aliphatic heterocycles. The topological polar surface area (TPSA) is 172 Å². The molecule has 1 heterocycles. The lowest BCUT2D eigenvalue weighted by atomic mass is 9.81. The molecule has 0 saturated heterocycles. The number of hydrogen-bond donors (Lipinski definition) is 3. The predicted molar refractivity (Wildman–Crippen MR) is 155 cm³/mol. The van der Waals surface area contributed by atoms with Crippen LogP contribution in [0.3, 0.4) is 0 Å². The maximum absolute atomic E-state index is 12.8. The third-order valence-electron chi connectivity index (χ3n) is 6.88. The molecule has 2 rings (SSSR count). The van der Waals surface area contributed by atoms with Crippen molar-refractivity contribution in [3.05, 3.63) is 59.2 Å². The Hall–Kier alpha value is -2.50. The number of methoxy groups -OCH3 is 1. The molecular weight excluding hydrogens is 591 g/mol. The zero-order chi connectivity index (χ0) is 31.4. The zero-order valence-electron chi connectivity index (χ0n) is 24.0.